The smallest absolute Gasteiger partial charge is 0.335 e. The van der Waals surface area contributed by atoms with Crippen molar-refractivity contribution in [2.24, 2.45) is 0 Å². The van der Waals surface area contributed by atoms with Crippen molar-refractivity contribution in [1.29, 1.82) is 0 Å². The summed E-state index contributed by atoms with van der Waals surface area (Å²) in [5.41, 5.74) is 0. The molecule has 6 atom stereocenters. The molecular formula is C71H120O12. The van der Waals surface area contributed by atoms with E-state index in [0.717, 1.165) is 122 Å². The van der Waals surface area contributed by atoms with Crippen LogP contribution in [-0.2, 0) is 42.9 Å². The number of carbonyl (C=O) groups excluding carboxylic acids is 3. The van der Waals surface area contributed by atoms with Crippen LogP contribution in [0, 0.1) is 0 Å². The number of hydrogen-bond donors (Lipinski definition) is 3. The van der Waals surface area contributed by atoms with Crippen LogP contribution < -0.4 is 0 Å². The highest BCUT2D eigenvalue weighted by atomic mass is 16.7. The van der Waals surface area contributed by atoms with Gasteiger partial charge in [0.05, 0.1) is 6.61 Å². The van der Waals surface area contributed by atoms with Crippen LogP contribution in [0.25, 0.3) is 0 Å². The van der Waals surface area contributed by atoms with Crippen LogP contribution in [0.4, 0.5) is 0 Å². The third-order valence-electron chi connectivity index (χ3n) is 14.9. The lowest BCUT2D eigenvalue weighted by atomic mass is 9.98. The Bertz CT molecular complexity index is 1760. The van der Waals surface area contributed by atoms with E-state index in [0.29, 0.717) is 19.3 Å². The van der Waals surface area contributed by atoms with E-state index in [2.05, 4.69) is 106 Å². The van der Waals surface area contributed by atoms with Crippen LogP contribution in [0.2, 0.25) is 0 Å². The largest absolute Gasteiger partial charge is 0.479 e. The molecule has 1 rings (SSSR count). The number of aliphatic carboxylic acids is 1. The van der Waals surface area contributed by atoms with Crippen molar-refractivity contribution in [1.82, 2.24) is 0 Å². The van der Waals surface area contributed by atoms with Gasteiger partial charge in [0.1, 0.15) is 18.8 Å². The minimum atomic E-state index is -1.91. The van der Waals surface area contributed by atoms with Crippen molar-refractivity contribution >= 4 is 23.9 Å². The number of aliphatic hydroxyl groups is 2. The summed E-state index contributed by atoms with van der Waals surface area (Å²) in [6.45, 7) is 5.87. The third kappa shape index (κ3) is 47.8. The van der Waals surface area contributed by atoms with Gasteiger partial charge in [0, 0.05) is 19.3 Å². The third-order valence-corrected chi connectivity index (χ3v) is 14.9. The highest BCUT2D eigenvalue weighted by Gasteiger charge is 2.50. The Morgan fingerprint density at radius 3 is 1.18 bits per heavy atom. The molecule has 1 aliphatic rings. The van der Waals surface area contributed by atoms with E-state index in [9.17, 15) is 34.5 Å². The summed E-state index contributed by atoms with van der Waals surface area (Å²) < 4.78 is 28.5. The van der Waals surface area contributed by atoms with E-state index in [4.69, 9.17) is 23.7 Å². The van der Waals surface area contributed by atoms with Gasteiger partial charge in [-0.25, -0.2) is 4.79 Å². The van der Waals surface area contributed by atoms with E-state index in [1.165, 1.54) is 109 Å². The number of rotatable bonds is 57. The lowest BCUT2D eigenvalue weighted by molar-refractivity contribution is -0.301. The zero-order chi connectivity index (χ0) is 60.3. The Morgan fingerprint density at radius 2 is 0.759 bits per heavy atom. The maximum absolute atomic E-state index is 13.2. The molecule has 0 aromatic heterocycles. The van der Waals surface area contributed by atoms with Crippen molar-refractivity contribution in [3.63, 3.8) is 0 Å². The molecule has 1 aliphatic heterocycles. The van der Waals surface area contributed by atoms with Crippen molar-refractivity contribution in [3.8, 4) is 0 Å². The summed E-state index contributed by atoms with van der Waals surface area (Å²) >= 11 is 0. The average Bonchev–Trinajstić information content (AvgIpc) is 3.59. The molecule has 0 aromatic carbocycles. The van der Waals surface area contributed by atoms with Gasteiger partial charge < -0.3 is 39.0 Å². The first-order valence-electron chi connectivity index (χ1n) is 33.6. The summed E-state index contributed by atoms with van der Waals surface area (Å²) in [5.74, 6) is -3.16. The quantitative estimate of drug-likeness (QED) is 0.0228. The van der Waals surface area contributed by atoms with Crippen LogP contribution in [0.15, 0.2) is 85.1 Å². The number of allylic oxidation sites excluding steroid dienone is 14. The van der Waals surface area contributed by atoms with Gasteiger partial charge in [0.2, 0.25) is 0 Å². The number of carbonyl (C=O) groups is 4. The molecule has 0 amide bonds. The van der Waals surface area contributed by atoms with E-state index < -0.39 is 67.3 Å². The number of esters is 3. The molecule has 0 saturated carbocycles. The molecule has 1 fully saturated rings. The first kappa shape index (κ1) is 76.9. The van der Waals surface area contributed by atoms with Crippen molar-refractivity contribution < 1.29 is 58.2 Å². The van der Waals surface area contributed by atoms with Crippen LogP contribution in [0.3, 0.4) is 0 Å². The lowest BCUT2D eigenvalue weighted by Gasteiger charge is -2.40. The number of hydrogen-bond acceptors (Lipinski definition) is 11. The average molecular weight is 1170 g/mol. The number of carboxylic acid groups (broad SMARTS) is 1. The number of unbranched alkanes of at least 4 members (excludes halogenated alkanes) is 29. The summed E-state index contributed by atoms with van der Waals surface area (Å²) in [5, 5.41) is 31.6. The monoisotopic (exact) mass is 1160 g/mol. The molecule has 12 nitrogen and oxygen atoms in total. The number of ether oxygens (including phenoxy) is 5. The minimum absolute atomic E-state index is 0.0500. The van der Waals surface area contributed by atoms with Gasteiger partial charge in [-0.05, 0) is 116 Å². The van der Waals surface area contributed by atoms with Gasteiger partial charge in [0.15, 0.2) is 24.6 Å². The standard InChI is InChI=1S/C71H120O12/c1-4-7-10-13-16-19-22-25-28-31-32-35-36-39-42-45-48-51-54-57-63(72)79-60-62(81-64(73)58-55-52-49-46-43-40-37-33-29-26-23-20-17-14-11-8-5-2)61-80-71-69(67(76)66(75)68(83-71)70(77)78)82-65(74)59-56-53-50-47-44-41-38-34-30-27-24-21-18-15-12-9-6-3/h7,10,16,19,25-30,32,35,39,42,62,66-69,71,75-76H,4-6,8-9,11-15,17-18,20-24,31,33-34,36-38,40-41,43-61H2,1-3H3,(H,77,78)/b10-7-,19-16-,28-25-,29-26-,30-27-,35-32-,42-39-. The molecule has 6 unspecified atom stereocenters. The molecule has 0 spiro atoms. The second-order valence-electron chi connectivity index (χ2n) is 22.7. The first-order chi connectivity index (χ1) is 40.6. The normalized spacial score (nSPS) is 18.1. The van der Waals surface area contributed by atoms with Gasteiger partial charge in [-0.2, -0.15) is 0 Å². The first-order valence-corrected chi connectivity index (χ1v) is 33.6. The van der Waals surface area contributed by atoms with Gasteiger partial charge in [0.25, 0.3) is 0 Å². The fraction of sp³-hybridized carbons (Fsp3) is 0.746. The Morgan fingerprint density at radius 1 is 0.410 bits per heavy atom. The molecule has 0 aliphatic carbocycles. The van der Waals surface area contributed by atoms with E-state index in [-0.39, 0.29) is 25.9 Å². The number of carboxylic acids is 1. The fourth-order valence-corrected chi connectivity index (χ4v) is 9.80. The van der Waals surface area contributed by atoms with E-state index >= 15 is 0 Å². The zero-order valence-electron chi connectivity index (χ0n) is 52.7. The van der Waals surface area contributed by atoms with Crippen molar-refractivity contribution in [3.05, 3.63) is 85.1 Å². The van der Waals surface area contributed by atoms with E-state index in [1.807, 2.05) is 0 Å². The van der Waals surface area contributed by atoms with Gasteiger partial charge >= 0.3 is 23.9 Å². The van der Waals surface area contributed by atoms with Gasteiger partial charge in [-0.1, -0.05) is 241 Å². The van der Waals surface area contributed by atoms with Crippen LogP contribution in [-0.4, -0.2) is 89.2 Å². The molecule has 1 heterocycles. The van der Waals surface area contributed by atoms with Crippen LogP contribution >= 0.6 is 0 Å². The highest BCUT2D eigenvalue weighted by molar-refractivity contribution is 5.74. The number of aliphatic hydroxyl groups excluding tert-OH is 2. The van der Waals surface area contributed by atoms with Gasteiger partial charge in [-0.15, -0.1) is 0 Å². The maximum Gasteiger partial charge on any atom is 0.335 e. The van der Waals surface area contributed by atoms with Crippen LogP contribution in [0.1, 0.15) is 290 Å². The topological polar surface area (TPSA) is 175 Å². The van der Waals surface area contributed by atoms with Crippen molar-refractivity contribution in [2.45, 2.75) is 327 Å². The molecule has 0 bridgehead atoms. The highest BCUT2D eigenvalue weighted by Crippen LogP contribution is 2.27. The summed E-state index contributed by atoms with van der Waals surface area (Å²) in [4.78, 5) is 51.4. The SMILES string of the molecule is CC/C=C\C/C=C\C/C=C\C/C=C\C/C=C\CCCCCC(=O)OCC(COC1OC(C(=O)O)C(O)C(O)C1OC(=O)CCCCCCCCC/C=C\CCCCCCCC)OC(=O)CCCCCCCCC/C=C\CCCCCCCC. The molecule has 83 heavy (non-hydrogen) atoms. The molecule has 0 radical (unpaired) electrons. The lowest BCUT2D eigenvalue weighted by Crippen LogP contribution is -2.61. The predicted molar refractivity (Wildman–Crippen MR) is 340 cm³/mol. The molecular weight excluding hydrogens is 1040 g/mol. The molecule has 1 saturated heterocycles. The van der Waals surface area contributed by atoms with E-state index in [1.54, 1.807) is 0 Å². The summed E-state index contributed by atoms with van der Waals surface area (Å²) in [6, 6.07) is 0. The molecule has 12 heteroatoms. The predicted octanol–water partition coefficient (Wildman–Crippen LogP) is 18.2. The molecule has 0 aromatic rings. The fourth-order valence-electron chi connectivity index (χ4n) is 9.80. The Balaban J connectivity index is 2.68. The molecule has 3 N–H and O–H groups in total. The maximum atomic E-state index is 13.2. The Labute approximate surface area is 505 Å². The van der Waals surface area contributed by atoms with Gasteiger partial charge in [-0.3, -0.25) is 14.4 Å². The van der Waals surface area contributed by atoms with Crippen molar-refractivity contribution in [2.75, 3.05) is 13.2 Å². The Hall–Kier alpha value is -4.10. The zero-order valence-corrected chi connectivity index (χ0v) is 52.7. The Kier molecular flexibility index (Phi) is 54.0. The van der Waals surface area contributed by atoms with Crippen LogP contribution in [0.5, 0.6) is 0 Å². The minimum Gasteiger partial charge on any atom is -0.479 e. The second kappa shape index (κ2) is 58.3. The molecule has 476 valence electrons. The second-order valence-corrected chi connectivity index (χ2v) is 22.7. The summed E-state index contributed by atoms with van der Waals surface area (Å²) in [6.07, 6.45) is 63.9. The summed E-state index contributed by atoms with van der Waals surface area (Å²) in [7, 11) is 0.